The third-order valence-electron chi connectivity index (χ3n) is 4.89. The van der Waals surface area contributed by atoms with Crippen LogP contribution in [0.15, 0.2) is 42.1 Å². The van der Waals surface area contributed by atoms with Gasteiger partial charge in [-0.05, 0) is 31.9 Å². The van der Waals surface area contributed by atoms with Crippen LogP contribution >= 0.6 is 0 Å². The number of nitrogens with zero attached hydrogens (tertiary/aromatic N) is 4. The summed E-state index contributed by atoms with van der Waals surface area (Å²) in [6.45, 7) is 6.66. The van der Waals surface area contributed by atoms with E-state index in [-0.39, 0.29) is 17.5 Å². The van der Waals surface area contributed by atoms with Crippen LogP contribution in [0, 0.1) is 6.92 Å². The first-order valence-electron chi connectivity index (χ1n) is 8.78. The molecule has 0 spiro atoms. The molecule has 2 fully saturated rings. The number of aromatic amines is 1. The molecular weight excluding hydrogens is 330 g/mol. The summed E-state index contributed by atoms with van der Waals surface area (Å²) >= 11 is 0. The van der Waals surface area contributed by atoms with Gasteiger partial charge in [-0.25, -0.2) is 4.98 Å². The lowest BCUT2D eigenvalue weighted by molar-refractivity contribution is -0.130. The van der Waals surface area contributed by atoms with Crippen molar-refractivity contribution in [2.45, 2.75) is 31.8 Å². The summed E-state index contributed by atoms with van der Waals surface area (Å²) in [6, 6.07) is 2.41. The molecule has 1 saturated heterocycles. The predicted octanol–water partition coefficient (Wildman–Crippen LogP) is 1.51. The molecule has 0 radical (unpaired) electrons. The second-order valence-corrected chi connectivity index (χ2v) is 6.89. The Balaban J connectivity index is 1.65. The molecule has 0 atom stereocenters. The van der Waals surface area contributed by atoms with Crippen molar-refractivity contribution in [2.75, 3.05) is 18.0 Å². The number of hydrogen-bond acceptors (Lipinski definition) is 5. The zero-order valence-electron chi connectivity index (χ0n) is 14.7. The third kappa shape index (κ3) is 3.00. The number of rotatable bonds is 5. The minimum atomic E-state index is -0.116. The quantitative estimate of drug-likeness (QED) is 0.826. The van der Waals surface area contributed by atoms with Crippen LogP contribution in [0.1, 0.15) is 18.5 Å². The van der Waals surface area contributed by atoms with E-state index >= 15 is 0 Å². The van der Waals surface area contributed by atoms with Gasteiger partial charge in [0.1, 0.15) is 5.69 Å². The van der Waals surface area contributed by atoms with E-state index in [0.29, 0.717) is 24.8 Å². The van der Waals surface area contributed by atoms with Gasteiger partial charge in [-0.2, -0.15) is 0 Å². The molecule has 0 aromatic carbocycles. The highest BCUT2D eigenvalue weighted by atomic mass is 16.2. The maximum atomic E-state index is 12.5. The molecule has 2 aromatic rings. The van der Waals surface area contributed by atoms with Crippen molar-refractivity contribution in [1.29, 1.82) is 0 Å². The van der Waals surface area contributed by atoms with Crippen molar-refractivity contribution in [3.05, 3.63) is 53.4 Å². The van der Waals surface area contributed by atoms with E-state index in [1.54, 1.807) is 23.5 Å². The lowest BCUT2D eigenvalue weighted by Gasteiger charge is -2.46. The number of anilines is 1. The zero-order chi connectivity index (χ0) is 18.3. The molecule has 1 saturated carbocycles. The lowest BCUT2D eigenvalue weighted by Crippen LogP contribution is -2.62. The standard InChI is InChI=1S/C19H21N5O2/c1-3-18(25)23-10-15(11-23)24(14-4-5-14)17-6-13(8-21-19(17)26)16-9-20-7-12(2)22-16/h3,6-9,14-15H,1,4-5,10-11H2,2H3,(H,21,26). The summed E-state index contributed by atoms with van der Waals surface area (Å²) in [5.74, 6) is -0.0605. The summed E-state index contributed by atoms with van der Waals surface area (Å²) in [4.78, 5) is 39.7. The fourth-order valence-corrected chi connectivity index (χ4v) is 3.40. The highest BCUT2D eigenvalue weighted by Crippen LogP contribution is 2.35. The molecule has 1 N–H and O–H groups in total. The molecule has 0 bridgehead atoms. The van der Waals surface area contributed by atoms with E-state index in [9.17, 15) is 9.59 Å². The van der Waals surface area contributed by atoms with E-state index in [0.717, 1.165) is 29.8 Å². The van der Waals surface area contributed by atoms with Gasteiger partial charge in [-0.3, -0.25) is 14.6 Å². The molecule has 26 heavy (non-hydrogen) atoms. The van der Waals surface area contributed by atoms with Gasteiger partial charge in [-0.15, -0.1) is 0 Å². The second kappa shape index (κ2) is 6.40. The Morgan fingerprint density at radius 3 is 2.77 bits per heavy atom. The van der Waals surface area contributed by atoms with Gasteiger partial charge in [0.15, 0.2) is 0 Å². The van der Waals surface area contributed by atoms with Crippen LogP contribution < -0.4 is 10.5 Å². The smallest absolute Gasteiger partial charge is 0.271 e. The van der Waals surface area contributed by atoms with Crippen molar-refractivity contribution in [3.63, 3.8) is 0 Å². The fraction of sp³-hybridized carbons (Fsp3) is 0.368. The minimum absolute atomic E-state index is 0.0605. The van der Waals surface area contributed by atoms with Crippen LogP contribution in [0.5, 0.6) is 0 Å². The van der Waals surface area contributed by atoms with Crippen molar-refractivity contribution in [2.24, 2.45) is 0 Å². The number of pyridine rings is 1. The fourth-order valence-electron chi connectivity index (χ4n) is 3.40. The summed E-state index contributed by atoms with van der Waals surface area (Å²) in [6.07, 6.45) is 8.54. The maximum Gasteiger partial charge on any atom is 0.271 e. The Hall–Kier alpha value is -2.96. The number of H-pyrrole nitrogens is 1. The van der Waals surface area contributed by atoms with Gasteiger partial charge >= 0.3 is 0 Å². The number of hydrogen-bond donors (Lipinski definition) is 1. The maximum absolute atomic E-state index is 12.5. The first-order chi connectivity index (χ1) is 12.6. The SMILES string of the molecule is C=CC(=O)N1CC(N(c2cc(-c3cncc(C)n3)c[nH]c2=O)C2CC2)C1. The number of aryl methyl sites for hydroxylation is 1. The average Bonchev–Trinajstić information content (AvgIpc) is 3.43. The lowest BCUT2D eigenvalue weighted by atomic mass is 10.0. The van der Waals surface area contributed by atoms with Crippen molar-refractivity contribution in [3.8, 4) is 11.3 Å². The predicted molar refractivity (Wildman–Crippen MR) is 98.9 cm³/mol. The van der Waals surface area contributed by atoms with Crippen molar-refractivity contribution >= 4 is 11.6 Å². The van der Waals surface area contributed by atoms with E-state index in [1.165, 1.54) is 6.08 Å². The molecule has 2 aliphatic rings. The molecule has 0 unspecified atom stereocenters. The summed E-state index contributed by atoms with van der Waals surface area (Å²) in [7, 11) is 0. The number of likely N-dealkylation sites (tertiary alicyclic amines) is 1. The number of carbonyl (C=O) groups is 1. The number of aromatic nitrogens is 3. The van der Waals surface area contributed by atoms with Gasteiger partial charge in [0, 0.05) is 37.1 Å². The van der Waals surface area contributed by atoms with Crippen LogP contribution in [0.4, 0.5) is 5.69 Å². The molecule has 7 heteroatoms. The van der Waals surface area contributed by atoms with Gasteiger partial charge < -0.3 is 14.8 Å². The Morgan fingerprint density at radius 1 is 1.35 bits per heavy atom. The van der Waals surface area contributed by atoms with Crippen molar-refractivity contribution in [1.82, 2.24) is 19.9 Å². The van der Waals surface area contributed by atoms with Gasteiger partial charge in [0.25, 0.3) is 5.56 Å². The zero-order valence-corrected chi connectivity index (χ0v) is 14.7. The molecule has 1 aliphatic carbocycles. The van der Waals surface area contributed by atoms with Gasteiger partial charge in [-0.1, -0.05) is 6.58 Å². The molecule has 7 nitrogen and oxygen atoms in total. The van der Waals surface area contributed by atoms with Crippen LogP contribution in [-0.2, 0) is 4.79 Å². The Labute approximate surface area is 151 Å². The van der Waals surface area contributed by atoms with Crippen molar-refractivity contribution < 1.29 is 4.79 Å². The van der Waals surface area contributed by atoms with Crippen LogP contribution in [0.3, 0.4) is 0 Å². The number of amides is 1. The summed E-state index contributed by atoms with van der Waals surface area (Å²) in [5.41, 5.74) is 2.92. The number of nitrogens with one attached hydrogen (secondary N) is 1. The molecule has 134 valence electrons. The topological polar surface area (TPSA) is 82.2 Å². The molecular formula is C19H21N5O2. The third-order valence-corrected chi connectivity index (χ3v) is 4.89. The highest BCUT2D eigenvalue weighted by molar-refractivity contribution is 5.88. The molecule has 1 amide bonds. The Morgan fingerprint density at radius 2 is 2.12 bits per heavy atom. The first kappa shape index (κ1) is 16.5. The van der Waals surface area contributed by atoms with Crippen LogP contribution in [0.2, 0.25) is 0 Å². The molecule has 4 rings (SSSR count). The van der Waals surface area contributed by atoms with E-state index in [2.05, 4.69) is 26.4 Å². The second-order valence-electron chi connectivity index (χ2n) is 6.89. The first-order valence-corrected chi connectivity index (χ1v) is 8.78. The molecule has 3 heterocycles. The van der Waals surface area contributed by atoms with Crippen LogP contribution in [0.25, 0.3) is 11.3 Å². The van der Waals surface area contributed by atoms with Gasteiger partial charge in [0.2, 0.25) is 5.91 Å². The van der Waals surface area contributed by atoms with E-state index in [1.807, 2.05) is 13.0 Å². The average molecular weight is 351 g/mol. The monoisotopic (exact) mass is 351 g/mol. The van der Waals surface area contributed by atoms with Crippen LogP contribution in [-0.4, -0.2) is 50.9 Å². The largest absolute Gasteiger partial charge is 0.358 e. The van der Waals surface area contributed by atoms with Gasteiger partial charge in [0.05, 0.1) is 23.6 Å². The highest BCUT2D eigenvalue weighted by Gasteiger charge is 2.42. The summed E-state index contributed by atoms with van der Waals surface area (Å²) < 4.78 is 0. The Kier molecular flexibility index (Phi) is 4.06. The Bertz CT molecular complexity index is 912. The normalized spacial score (nSPS) is 16.9. The summed E-state index contributed by atoms with van der Waals surface area (Å²) in [5, 5.41) is 0. The van der Waals surface area contributed by atoms with E-state index in [4.69, 9.17) is 0 Å². The molecule has 1 aliphatic heterocycles. The minimum Gasteiger partial charge on any atom is -0.358 e. The number of carbonyl (C=O) groups excluding carboxylic acids is 1. The van der Waals surface area contributed by atoms with E-state index < -0.39 is 0 Å². The molecule has 2 aromatic heterocycles.